The zero-order valence-corrected chi connectivity index (χ0v) is 27.2. The van der Waals surface area contributed by atoms with E-state index in [0.29, 0.717) is 0 Å². The van der Waals surface area contributed by atoms with Gasteiger partial charge in [-0.2, -0.15) is 0 Å². The van der Waals surface area contributed by atoms with E-state index < -0.39 is 28.4 Å². The summed E-state index contributed by atoms with van der Waals surface area (Å²) in [5.74, 6) is 5.36. The molecule has 6 rings (SSSR count). The summed E-state index contributed by atoms with van der Waals surface area (Å²) in [5.41, 5.74) is 9.64. The van der Waals surface area contributed by atoms with Crippen molar-refractivity contribution in [3.8, 4) is 0 Å². The molecule has 0 fully saturated rings. The number of allylic oxidation sites excluding steroid dienone is 2. The van der Waals surface area contributed by atoms with Crippen LogP contribution in [0.3, 0.4) is 0 Å². The van der Waals surface area contributed by atoms with E-state index in [2.05, 4.69) is 110 Å². The van der Waals surface area contributed by atoms with Gasteiger partial charge < -0.3 is 24.8 Å². The molecule has 0 radical (unpaired) electrons. The van der Waals surface area contributed by atoms with E-state index in [4.69, 9.17) is 0 Å². The molecule has 0 aromatic heterocycles. The van der Waals surface area contributed by atoms with Crippen molar-refractivity contribution in [2.45, 2.75) is 32.7 Å². The fraction of sp³-hybridized carbons (Fsp3) is 0.200. The van der Waals surface area contributed by atoms with Crippen LogP contribution in [-0.4, -0.2) is 10.1 Å². The first-order valence-electron chi connectivity index (χ1n) is 11.6. The van der Waals surface area contributed by atoms with Crippen molar-refractivity contribution in [2.75, 3.05) is 0 Å². The summed E-state index contributed by atoms with van der Waals surface area (Å²) in [4.78, 5) is 0. The molecule has 170 valence electrons. The molecular weight excluding hydrogens is 682 g/mol. The maximum Gasteiger partial charge on any atom is -1.00 e. The van der Waals surface area contributed by atoms with Crippen LogP contribution in [-0.2, 0) is 18.3 Å². The summed E-state index contributed by atoms with van der Waals surface area (Å²) >= 11 is -2.11. The smallest absolute Gasteiger partial charge is 1.00 e. The van der Waals surface area contributed by atoms with Crippen LogP contribution in [0.4, 0.5) is 0 Å². The van der Waals surface area contributed by atoms with Crippen molar-refractivity contribution >= 4 is 43.8 Å². The molecule has 2 aliphatic carbocycles. The number of fused-ring (bicyclic) bond motifs is 6. The van der Waals surface area contributed by atoms with Crippen molar-refractivity contribution in [1.82, 2.24) is 0 Å². The zero-order valence-electron chi connectivity index (χ0n) is 20.0. The van der Waals surface area contributed by atoms with Crippen molar-refractivity contribution in [3.63, 3.8) is 0 Å². The molecule has 0 heterocycles. The van der Waals surface area contributed by atoms with Crippen molar-refractivity contribution in [2.24, 2.45) is 0 Å². The molecule has 2 atom stereocenters. The van der Waals surface area contributed by atoms with Gasteiger partial charge in [0.15, 0.2) is 0 Å². The average molecular weight is 711 g/mol. The molecular formula is C30H28Cl2GeHf. The van der Waals surface area contributed by atoms with Gasteiger partial charge in [-0.25, -0.2) is 0 Å². The van der Waals surface area contributed by atoms with Gasteiger partial charge in [0.2, 0.25) is 0 Å². The summed E-state index contributed by atoms with van der Waals surface area (Å²) in [6.45, 7) is 4.86. The molecule has 0 N–H and O–H groups in total. The maximum atomic E-state index is 2.68. The second-order valence-electron chi connectivity index (χ2n) is 9.68. The van der Waals surface area contributed by atoms with Gasteiger partial charge in [-0.05, 0) is 0 Å². The Morgan fingerprint density at radius 1 is 0.588 bits per heavy atom. The standard InChI is InChI=1S/2C14H11.C2H6Ge.2ClH.Hf/c2*1-10-8-12-7-6-11-4-2-3-5-13(11)14(12)9-10;1-3-2;;;/h2*2-9H,1H3;1-2H3;2*1H;/q;;;;;+2/p-2. The average Bonchev–Trinajstić information content (AvgIpc) is 3.31. The predicted molar refractivity (Wildman–Crippen MR) is 138 cm³/mol. The quantitative estimate of drug-likeness (QED) is 0.281. The van der Waals surface area contributed by atoms with Gasteiger partial charge in [-0.1, -0.05) is 0 Å². The molecule has 2 aliphatic rings. The molecule has 0 bridgehead atoms. The molecule has 4 aromatic rings. The minimum absolute atomic E-state index is 0. The monoisotopic (exact) mass is 712 g/mol. The maximum absolute atomic E-state index is 2.68. The zero-order chi connectivity index (χ0) is 22.0. The minimum Gasteiger partial charge on any atom is -1.00 e. The van der Waals surface area contributed by atoms with Gasteiger partial charge >= 0.3 is 201 Å². The number of rotatable bonds is 2. The Morgan fingerprint density at radius 2 is 1.00 bits per heavy atom. The second-order valence-corrected chi connectivity index (χ2v) is 49.9. The summed E-state index contributed by atoms with van der Waals surface area (Å²) in [5, 5.41) is 5.63. The third-order valence-electron chi connectivity index (χ3n) is 7.48. The van der Waals surface area contributed by atoms with E-state index in [1.807, 2.05) is 0 Å². The molecule has 2 unspecified atom stereocenters. The fourth-order valence-corrected chi connectivity index (χ4v) is 52.8. The number of hydrogen-bond donors (Lipinski definition) is 0. The number of benzene rings is 4. The Balaban J connectivity index is 0.00000137. The van der Waals surface area contributed by atoms with Gasteiger partial charge in [0.25, 0.3) is 0 Å². The van der Waals surface area contributed by atoms with Gasteiger partial charge in [0.1, 0.15) is 0 Å². The largest absolute Gasteiger partial charge is 1.00 e. The fourth-order valence-electron chi connectivity index (χ4n) is 6.13. The molecule has 0 amide bonds. The second kappa shape index (κ2) is 10.1. The van der Waals surface area contributed by atoms with Gasteiger partial charge in [0, 0.05) is 0 Å². The SMILES string of the molecule is CC1=Cc2c(ccc3ccccc23)[CH]1[Hf+2]([CH]1C(C)=Cc2c1ccc1ccccc21)=[Ge]([CH3])[CH3].[Cl-].[Cl-]. The first-order valence-corrected chi connectivity index (χ1v) is 30.3. The number of hydrogen-bond acceptors (Lipinski definition) is 0. The van der Waals surface area contributed by atoms with E-state index in [0.717, 1.165) is 7.35 Å². The minimum atomic E-state index is -2.11. The van der Waals surface area contributed by atoms with E-state index in [1.54, 1.807) is 22.3 Å². The van der Waals surface area contributed by atoms with Crippen LogP contribution in [0.5, 0.6) is 0 Å². The van der Waals surface area contributed by atoms with E-state index in [-0.39, 0.29) is 24.8 Å². The first kappa shape index (κ1) is 26.0. The first-order chi connectivity index (χ1) is 15.5. The van der Waals surface area contributed by atoms with Crippen LogP contribution in [0.1, 0.15) is 43.5 Å². The third kappa shape index (κ3) is 4.01. The Kier molecular flexibility index (Phi) is 7.70. The summed E-state index contributed by atoms with van der Waals surface area (Å²) in [6.07, 6.45) is 5.09. The van der Waals surface area contributed by atoms with Gasteiger partial charge in [0.05, 0.1) is 0 Å². The molecule has 4 aromatic carbocycles. The Bertz CT molecular complexity index is 1420. The molecule has 0 saturated carbocycles. The molecule has 4 heteroatoms. The molecule has 0 nitrogen and oxygen atoms in total. The van der Waals surface area contributed by atoms with E-state index in [1.165, 1.54) is 32.7 Å². The topological polar surface area (TPSA) is 0 Å². The van der Waals surface area contributed by atoms with Crippen LogP contribution in [0.15, 0.2) is 83.9 Å². The molecule has 34 heavy (non-hydrogen) atoms. The Hall–Kier alpha value is -1.13. The van der Waals surface area contributed by atoms with Crippen LogP contribution in [0.25, 0.3) is 33.7 Å². The third-order valence-corrected chi connectivity index (χ3v) is 51.4. The van der Waals surface area contributed by atoms with Crippen molar-refractivity contribution in [3.05, 3.63) is 106 Å². The van der Waals surface area contributed by atoms with E-state index in [9.17, 15) is 0 Å². The normalized spacial score (nSPS) is 17.6. The molecule has 0 spiro atoms. The predicted octanol–water partition coefficient (Wildman–Crippen LogP) is 2.49. The van der Waals surface area contributed by atoms with Crippen molar-refractivity contribution < 1.29 is 43.2 Å². The van der Waals surface area contributed by atoms with Crippen LogP contribution in [0, 0.1) is 0 Å². The number of halogens is 2. The van der Waals surface area contributed by atoms with Crippen LogP contribution >= 0.6 is 0 Å². The molecule has 0 saturated heterocycles. The summed E-state index contributed by atoms with van der Waals surface area (Å²) in [7, 11) is -1.09. The molecule has 0 aliphatic heterocycles. The van der Waals surface area contributed by atoms with Gasteiger partial charge in [-0.15, -0.1) is 0 Å². The van der Waals surface area contributed by atoms with Crippen LogP contribution in [0.2, 0.25) is 11.5 Å². The summed E-state index contributed by atoms with van der Waals surface area (Å²) in [6, 6.07) is 27.6. The Labute approximate surface area is 224 Å². The van der Waals surface area contributed by atoms with Crippen LogP contribution < -0.4 is 24.8 Å². The van der Waals surface area contributed by atoms with E-state index >= 15 is 0 Å². The van der Waals surface area contributed by atoms with Crippen molar-refractivity contribution in [1.29, 1.82) is 0 Å². The van der Waals surface area contributed by atoms with Gasteiger partial charge in [-0.3, -0.25) is 0 Å². The summed E-state index contributed by atoms with van der Waals surface area (Å²) < 4.78 is 1.49. The Morgan fingerprint density at radius 3 is 1.41 bits per heavy atom.